The second-order valence-electron chi connectivity index (χ2n) is 5.47. The molecule has 19 heavy (non-hydrogen) atoms. The molecule has 3 N–H and O–H groups in total. The Kier molecular flexibility index (Phi) is 4.08. The number of hydrogen-bond donors (Lipinski definition) is 2. The highest BCUT2D eigenvalue weighted by Crippen LogP contribution is 2.40. The Morgan fingerprint density at radius 2 is 2.11 bits per heavy atom. The molecule has 1 amide bonds. The van der Waals surface area contributed by atoms with Gasteiger partial charge in [0, 0.05) is 12.2 Å². The number of nitrogen functional groups attached to an aromatic ring is 1. The third-order valence-electron chi connectivity index (χ3n) is 4.30. The van der Waals surface area contributed by atoms with E-state index in [0.717, 1.165) is 19.3 Å². The number of nitrogens with one attached hydrogen (secondary N) is 1. The first-order valence-electron chi connectivity index (χ1n) is 6.89. The highest BCUT2D eigenvalue weighted by atomic mass is 19.1. The van der Waals surface area contributed by atoms with E-state index < -0.39 is 5.82 Å². The van der Waals surface area contributed by atoms with Gasteiger partial charge in [0.15, 0.2) is 0 Å². The quantitative estimate of drug-likeness (QED) is 0.821. The zero-order chi connectivity index (χ0) is 13.9. The fraction of sp³-hybridized carbons (Fsp3) is 0.533. The van der Waals surface area contributed by atoms with Gasteiger partial charge in [0.1, 0.15) is 5.82 Å². The van der Waals surface area contributed by atoms with E-state index in [4.69, 9.17) is 5.73 Å². The van der Waals surface area contributed by atoms with Crippen LogP contribution in [0.2, 0.25) is 0 Å². The zero-order valence-corrected chi connectivity index (χ0v) is 11.3. The van der Waals surface area contributed by atoms with Gasteiger partial charge in [-0.25, -0.2) is 4.39 Å². The fourth-order valence-corrected chi connectivity index (χ4v) is 2.87. The molecule has 1 fully saturated rings. The summed E-state index contributed by atoms with van der Waals surface area (Å²) in [7, 11) is 0. The summed E-state index contributed by atoms with van der Waals surface area (Å²) in [5.74, 6) is -0.720. The number of rotatable bonds is 4. The molecule has 2 rings (SSSR count). The van der Waals surface area contributed by atoms with E-state index in [1.165, 1.54) is 31.0 Å². The molecule has 0 atom stereocenters. The van der Waals surface area contributed by atoms with Crippen molar-refractivity contribution in [3.05, 3.63) is 29.6 Å². The average molecular weight is 264 g/mol. The number of nitrogens with two attached hydrogens (primary N) is 1. The molecular weight excluding hydrogens is 243 g/mol. The van der Waals surface area contributed by atoms with Crippen molar-refractivity contribution in [3.63, 3.8) is 0 Å². The molecule has 1 aliphatic rings. The van der Waals surface area contributed by atoms with Crippen LogP contribution >= 0.6 is 0 Å². The predicted molar refractivity (Wildman–Crippen MR) is 74.3 cm³/mol. The summed E-state index contributed by atoms with van der Waals surface area (Å²) >= 11 is 0. The van der Waals surface area contributed by atoms with Gasteiger partial charge in [-0.05, 0) is 42.9 Å². The molecule has 0 unspecified atom stereocenters. The highest BCUT2D eigenvalue weighted by molar-refractivity contribution is 5.99. The average Bonchev–Trinajstić information content (AvgIpc) is 2.88. The number of hydrogen-bond acceptors (Lipinski definition) is 2. The number of amides is 1. The second kappa shape index (κ2) is 5.59. The van der Waals surface area contributed by atoms with E-state index in [1.807, 2.05) is 0 Å². The first kappa shape index (κ1) is 13.8. The number of anilines is 1. The largest absolute Gasteiger partial charge is 0.398 e. The van der Waals surface area contributed by atoms with E-state index in [1.54, 1.807) is 0 Å². The Morgan fingerprint density at radius 3 is 2.74 bits per heavy atom. The molecule has 0 bridgehead atoms. The third kappa shape index (κ3) is 3.06. The molecule has 1 saturated carbocycles. The van der Waals surface area contributed by atoms with Crippen LogP contribution in [0.4, 0.5) is 10.1 Å². The maximum Gasteiger partial charge on any atom is 0.253 e. The maximum absolute atomic E-state index is 13.2. The van der Waals surface area contributed by atoms with Crippen LogP contribution in [0.25, 0.3) is 0 Å². The van der Waals surface area contributed by atoms with Crippen LogP contribution in [0, 0.1) is 11.2 Å². The van der Waals surface area contributed by atoms with Crippen molar-refractivity contribution in [1.82, 2.24) is 5.32 Å². The Labute approximate surface area is 113 Å². The van der Waals surface area contributed by atoms with E-state index >= 15 is 0 Å². The lowest BCUT2D eigenvalue weighted by molar-refractivity contribution is 0.0929. The maximum atomic E-state index is 13.2. The van der Waals surface area contributed by atoms with Crippen LogP contribution in [0.1, 0.15) is 49.4 Å². The van der Waals surface area contributed by atoms with Crippen molar-refractivity contribution in [2.75, 3.05) is 12.3 Å². The molecule has 4 heteroatoms. The third-order valence-corrected chi connectivity index (χ3v) is 4.30. The van der Waals surface area contributed by atoms with Gasteiger partial charge in [0.25, 0.3) is 5.91 Å². The van der Waals surface area contributed by atoms with Crippen LogP contribution in [-0.2, 0) is 0 Å². The van der Waals surface area contributed by atoms with Crippen LogP contribution < -0.4 is 11.1 Å². The molecule has 1 aromatic rings. The first-order valence-corrected chi connectivity index (χ1v) is 6.89. The number of carbonyl (C=O) groups excluding carboxylic acids is 1. The topological polar surface area (TPSA) is 55.1 Å². The van der Waals surface area contributed by atoms with Crippen molar-refractivity contribution in [2.24, 2.45) is 5.41 Å². The van der Waals surface area contributed by atoms with Crippen molar-refractivity contribution >= 4 is 11.6 Å². The molecule has 0 aromatic heterocycles. The van der Waals surface area contributed by atoms with Crippen molar-refractivity contribution in [1.29, 1.82) is 0 Å². The van der Waals surface area contributed by atoms with Crippen LogP contribution in [0.3, 0.4) is 0 Å². The zero-order valence-electron chi connectivity index (χ0n) is 11.3. The standard InChI is InChI=1S/C15H21FN2O/c1-2-15(7-3-4-8-15)10-18-14(19)12-9-11(16)5-6-13(12)17/h5-6,9H,2-4,7-8,10,17H2,1H3,(H,18,19). The summed E-state index contributed by atoms with van der Waals surface area (Å²) in [4.78, 5) is 12.1. The summed E-state index contributed by atoms with van der Waals surface area (Å²) < 4.78 is 13.2. The number of benzene rings is 1. The highest BCUT2D eigenvalue weighted by Gasteiger charge is 2.32. The van der Waals surface area contributed by atoms with Gasteiger partial charge in [-0.3, -0.25) is 4.79 Å². The van der Waals surface area contributed by atoms with Crippen molar-refractivity contribution < 1.29 is 9.18 Å². The Balaban J connectivity index is 2.03. The lowest BCUT2D eigenvalue weighted by Gasteiger charge is -2.27. The molecule has 0 heterocycles. The Morgan fingerprint density at radius 1 is 1.42 bits per heavy atom. The Bertz CT molecular complexity index is 467. The SMILES string of the molecule is CCC1(CNC(=O)c2cc(F)ccc2N)CCCC1. The van der Waals surface area contributed by atoms with E-state index in [-0.39, 0.29) is 16.9 Å². The van der Waals surface area contributed by atoms with Gasteiger partial charge in [-0.1, -0.05) is 19.8 Å². The van der Waals surface area contributed by atoms with Crippen molar-refractivity contribution in [2.45, 2.75) is 39.0 Å². The van der Waals surface area contributed by atoms with Gasteiger partial charge >= 0.3 is 0 Å². The van der Waals surface area contributed by atoms with Crippen LogP contribution in [-0.4, -0.2) is 12.5 Å². The number of carbonyl (C=O) groups is 1. The summed E-state index contributed by atoms with van der Waals surface area (Å²) in [5, 5.41) is 2.92. The molecule has 1 aromatic carbocycles. The molecule has 0 spiro atoms. The molecule has 104 valence electrons. The molecule has 0 radical (unpaired) electrons. The predicted octanol–water partition coefficient (Wildman–Crippen LogP) is 3.11. The van der Waals surface area contributed by atoms with Gasteiger partial charge in [-0.2, -0.15) is 0 Å². The molecule has 0 aliphatic heterocycles. The van der Waals surface area contributed by atoms with Crippen LogP contribution in [0.15, 0.2) is 18.2 Å². The lowest BCUT2D eigenvalue weighted by atomic mass is 9.83. The van der Waals surface area contributed by atoms with Gasteiger partial charge in [-0.15, -0.1) is 0 Å². The van der Waals surface area contributed by atoms with Gasteiger partial charge in [0.05, 0.1) is 5.56 Å². The van der Waals surface area contributed by atoms with Gasteiger partial charge in [0.2, 0.25) is 0 Å². The van der Waals surface area contributed by atoms with E-state index in [9.17, 15) is 9.18 Å². The van der Waals surface area contributed by atoms with Crippen molar-refractivity contribution in [3.8, 4) is 0 Å². The summed E-state index contributed by atoms with van der Waals surface area (Å²) in [5.41, 5.74) is 6.47. The van der Waals surface area contributed by atoms with Crippen LogP contribution in [0.5, 0.6) is 0 Å². The minimum atomic E-state index is -0.439. The van der Waals surface area contributed by atoms with E-state index in [2.05, 4.69) is 12.2 Å². The molecule has 3 nitrogen and oxygen atoms in total. The van der Waals surface area contributed by atoms with Gasteiger partial charge < -0.3 is 11.1 Å². The summed E-state index contributed by atoms with van der Waals surface area (Å²) in [6, 6.07) is 3.88. The Hall–Kier alpha value is -1.58. The number of halogens is 1. The summed E-state index contributed by atoms with van der Waals surface area (Å²) in [6.07, 6.45) is 5.83. The summed E-state index contributed by atoms with van der Waals surface area (Å²) in [6.45, 7) is 2.81. The monoisotopic (exact) mass is 264 g/mol. The molecule has 0 saturated heterocycles. The smallest absolute Gasteiger partial charge is 0.253 e. The normalized spacial score (nSPS) is 17.4. The lowest BCUT2D eigenvalue weighted by Crippen LogP contribution is -2.35. The fourth-order valence-electron chi connectivity index (χ4n) is 2.87. The second-order valence-corrected chi connectivity index (χ2v) is 5.47. The minimum Gasteiger partial charge on any atom is -0.398 e. The molecular formula is C15H21FN2O. The first-order chi connectivity index (χ1) is 9.06. The molecule has 1 aliphatic carbocycles. The minimum absolute atomic E-state index is 0.220. The van der Waals surface area contributed by atoms with E-state index in [0.29, 0.717) is 12.2 Å².